The molecule has 0 aliphatic carbocycles. The van der Waals surface area contributed by atoms with Crippen LogP contribution in [0.1, 0.15) is 39.0 Å². The second-order valence-electron chi connectivity index (χ2n) is 9.05. The number of carbonyl (C=O) groups excluding carboxylic acids is 4. The van der Waals surface area contributed by atoms with E-state index in [0.29, 0.717) is 18.5 Å². The van der Waals surface area contributed by atoms with Gasteiger partial charge < -0.3 is 25.8 Å². The molecular weight excluding hydrogens is 486 g/mol. The van der Waals surface area contributed by atoms with E-state index >= 15 is 0 Å². The van der Waals surface area contributed by atoms with E-state index in [2.05, 4.69) is 29.1 Å². The molecule has 0 spiro atoms. The van der Waals surface area contributed by atoms with Crippen LogP contribution in [0.3, 0.4) is 0 Å². The average Bonchev–Trinajstić information content (AvgIpc) is 2.90. The summed E-state index contributed by atoms with van der Waals surface area (Å²) >= 11 is 0. The van der Waals surface area contributed by atoms with E-state index in [1.807, 2.05) is 30.3 Å². The van der Waals surface area contributed by atoms with E-state index < -0.39 is 41.7 Å². The Morgan fingerprint density at radius 1 is 1.00 bits per heavy atom. The number of esters is 1. The van der Waals surface area contributed by atoms with Gasteiger partial charge in [-0.3, -0.25) is 19.2 Å². The smallest absolute Gasteiger partial charge is 0.305 e. The maximum atomic E-state index is 13.2. The second-order valence-corrected chi connectivity index (χ2v) is 9.05. The monoisotopic (exact) mass is 523 g/mol. The van der Waals surface area contributed by atoms with Gasteiger partial charge in [-0.1, -0.05) is 42.5 Å². The minimum Gasteiger partial charge on any atom is -0.463 e. The maximum Gasteiger partial charge on any atom is 0.305 e. The molecular formula is C29H37N3O6. The van der Waals surface area contributed by atoms with E-state index in [4.69, 9.17) is 9.84 Å². The molecule has 9 nitrogen and oxygen atoms in total. The summed E-state index contributed by atoms with van der Waals surface area (Å²) in [5, 5.41) is 19.1. The van der Waals surface area contributed by atoms with Crippen LogP contribution in [-0.2, 0) is 23.9 Å². The number of anilines is 1. The molecule has 0 bridgehead atoms. The Bertz CT molecular complexity index is 1130. The molecule has 0 saturated heterocycles. The van der Waals surface area contributed by atoms with Gasteiger partial charge in [0.25, 0.3) is 5.91 Å². The first kappa shape index (κ1) is 30.2. The van der Waals surface area contributed by atoms with Crippen molar-refractivity contribution in [3.63, 3.8) is 0 Å². The number of benzene rings is 2. The Morgan fingerprint density at radius 3 is 2.42 bits per heavy atom. The van der Waals surface area contributed by atoms with E-state index in [1.165, 1.54) is 6.08 Å². The van der Waals surface area contributed by atoms with Gasteiger partial charge in [-0.25, -0.2) is 0 Å². The zero-order valence-electron chi connectivity index (χ0n) is 21.8. The van der Waals surface area contributed by atoms with Crippen molar-refractivity contribution in [2.75, 3.05) is 18.5 Å². The number of amides is 3. The first-order valence-corrected chi connectivity index (χ1v) is 12.6. The van der Waals surface area contributed by atoms with Crippen LogP contribution in [0, 0.1) is 5.92 Å². The summed E-state index contributed by atoms with van der Waals surface area (Å²) in [7, 11) is 0. The standard InChI is InChI=1S/C29H37N3O6/c1-4-6-7-13-27(35)38-19-25(29(37)31-24-15-14-21-11-8-9-12-22(21)16-24)32-28(36)23(10-5-2)17-26(34)30-20(3)18-33/h4-5,8-9,11-12,14-16,20,23,25,33H,1-2,6-7,10,13,17-19H2,3H3,(H,30,34)(H,31,37)(H,32,36). The van der Waals surface area contributed by atoms with Crippen LogP contribution >= 0.6 is 0 Å². The number of ether oxygens (including phenoxy) is 1. The molecule has 2 aromatic carbocycles. The third-order valence-corrected chi connectivity index (χ3v) is 5.79. The summed E-state index contributed by atoms with van der Waals surface area (Å²) in [6, 6.07) is 11.4. The van der Waals surface area contributed by atoms with E-state index in [9.17, 15) is 19.2 Å². The lowest BCUT2D eigenvalue weighted by atomic mass is 9.99. The quantitative estimate of drug-likeness (QED) is 0.152. The minimum atomic E-state index is -1.19. The third kappa shape index (κ3) is 10.2. The van der Waals surface area contributed by atoms with Gasteiger partial charge in [0.15, 0.2) is 0 Å². The molecule has 0 saturated carbocycles. The molecule has 38 heavy (non-hydrogen) atoms. The highest BCUT2D eigenvalue weighted by Crippen LogP contribution is 2.19. The van der Waals surface area contributed by atoms with Gasteiger partial charge >= 0.3 is 5.97 Å². The lowest BCUT2D eigenvalue weighted by Crippen LogP contribution is -2.49. The molecule has 4 N–H and O–H groups in total. The summed E-state index contributed by atoms with van der Waals surface area (Å²) in [5.74, 6) is -2.84. The van der Waals surface area contributed by atoms with E-state index in [0.717, 1.165) is 10.8 Å². The molecule has 2 rings (SSSR count). The molecule has 204 valence electrons. The van der Waals surface area contributed by atoms with Crippen LogP contribution in [0.5, 0.6) is 0 Å². The molecule has 2 aromatic rings. The number of nitrogens with one attached hydrogen (secondary N) is 3. The first-order valence-electron chi connectivity index (χ1n) is 12.6. The largest absolute Gasteiger partial charge is 0.463 e. The normalized spacial score (nSPS) is 13.0. The van der Waals surface area contributed by atoms with Crippen molar-refractivity contribution in [2.24, 2.45) is 5.92 Å². The Morgan fingerprint density at radius 2 is 1.74 bits per heavy atom. The van der Waals surface area contributed by atoms with Gasteiger partial charge in [0.05, 0.1) is 12.5 Å². The number of aliphatic hydroxyl groups is 1. The molecule has 3 amide bonds. The molecule has 0 aliphatic heterocycles. The Balaban J connectivity index is 2.15. The lowest BCUT2D eigenvalue weighted by Gasteiger charge is -2.22. The Labute approximate surface area is 223 Å². The van der Waals surface area contributed by atoms with Crippen molar-refractivity contribution >= 4 is 40.2 Å². The number of rotatable bonds is 16. The van der Waals surface area contributed by atoms with Gasteiger partial charge in [-0.2, -0.15) is 0 Å². The Kier molecular flexibility index (Phi) is 12.7. The van der Waals surface area contributed by atoms with Gasteiger partial charge in [0, 0.05) is 24.6 Å². The second kappa shape index (κ2) is 16.0. The highest BCUT2D eigenvalue weighted by molar-refractivity contribution is 5.99. The number of hydrogen-bond donors (Lipinski definition) is 4. The van der Waals surface area contributed by atoms with Crippen LogP contribution < -0.4 is 16.0 Å². The molecule has 0 aliphatic rings. The molecule has 0 radical (unpaired) electrons. The molecule has 9 heteroatoms. The SMILES string of the molecule is C=CCCCC(=O)OCC(NC(=O)C(CC=C)CC(=O)NC(C)CO)C(=O)Nc1ccc2ccccc2c1. The fourth-order valence-corrected chi connectivity index (χ4v) is 3.70. The predicted molar refractivity (Wildman–Crippen MR) is 147 cm³/mol. The Hall–Kier alpha value is -3.98. The minimum absolute atomic E-state index is 0.154. The van der Waals surface area contributed by atoms with Crippen LogP contribution in [-0.4, -0.2) is 54.1 Å². The van der Waals surface area contributed by atoms with Crippen LogP contribution in [0.2, 0.25) is 0 Å². The van der Waals surface area contributed by atoms with Gasteiger partial charge in [0.1, 0.15) is 12.6 Å². The molecule has 0 aromatic heterocycles. The van der Waals surface area contributed by atoms with Crippen molar-refractivity contribution in [1.29, 1.82) is 0 Å². The van der Waals surface area contributed by atoms with Crippen molar-refractivity contribution in [3.05, 3.63) is 67.8 Å². The number of carbonyl (C=O) groups is 4. The summed E-state index contributed by atoms with van der Waals surface area (Å²) in [5.41, 5.74) is 0.519. The lowest BCUT2D eigenvalue weighted by molar-refractivity contribution is -0.146. The summed E-state index contributed by atoms with van der Waals surface area (Å²) in [4.78, 5) is 50.8. The number of allylic oxidation sites excluding steroid dienone is 2. The zero-order valence-corrected chi connectivity index (χ0v) is 21.8. The highest BCUT2D eigenvalue weighted by Gasteiger charge is 2.28. The average molecular weight is 524 g/mol. The van der Waals surface area contributed by atoms with E-state index in [1.54, 1.807) is 25.1 Å². The van der Waals surface area contributed by atoms with Crippen molar-refractivity contribution in [2.45, 2.75) is 51.1 Å². The van der Waals surface area contributed by atoms with Crippen LogP contribution in [0.4, 0.5) is 5.69 Å². The molecule has 3 atom stereocenters. The highest BCUT2D eigenvalue weighted by atomic mass is 16.5. The van der Waals surface area contributed by atoms with Crippen LogP contribution in [0.15, 0.2) is 67.8 Å². The topological polar surface area (TPSA) is 134 Å². The van der Waals surface area contributed by atoms with Gasteiger partial charge in [0.2, 0.25) is 11.8 Å². The third-order valence-electron chi connectivity index (χ3n) is 5.79. The number of fused-ring (bicyclic) bond motifs is 1. The number of hydrogen-bond acceptors (Lipinski definition) is 6. The van der Waals surface area contributed by atoms with Gasteiger partial charge in [-0.05, 0) is 49.1 Å². The fourth-order valence-electron chi connectivity index (χ4n) is 3.70. The maximum absolute atomic E-state index is 13.2. The van der Waals surface area contributed by atoms with Crippen molar-refractivity contribution < 1.29 is 29.0 Å². The summed E-state index contributed by atoms with van der Waals surface area (Å²) in [6.07, 6.45) is 4.60. The van der Waals surface area contributed by atoms with Gasteiger partial charge in [-0.15, -0.1) is 13.2 Å². The molecule has 0 fully saturated rings. The fraction of sp³-hybridized carbons (Fsp3) is 0.379. The summed E-state index contributed by atoms with van der Waals surface area (Å²) in [6.45, 7) is 8.30. The molecule has 3 unspecified atom stereocenters. The predicted octanol–water partition coefficient (Wildman–Crippen LogP) is 3.24. The van der Waals surface area contributed by atoms with E-state index in [-0.39, 0.29) is 32.5 Å². The first-order chi connectivity index (χ1) is 18.3. The van der Waals surface area contributed by atoms with Crippen LogP contribution in [0.25, 0.3) is 10.8 Å². The van der Waals surface area contributed by atoms with Crippen molar-refractivity contribution in [3.8, 4) is 0 Å². The zero-order chi connectivity index (χ0) is 27.9. The number of aliphatic hydroxyl groups excluding tert-OH is 1. The molecule has 0 heterocycles. The summed E-state index contributed by atoms with van der Waals surface area (Å²) < 4.78 is 5.29. The van der Waals surface area contributed by atoms with Crippen molar-refractivity contribution in [1.82, 2.24) is 10.6 Å². The number of unbranched alkanes of at least 4 members (excludes halogenated alkanes) is 1.